The van der Waals surface area contributed by atoms with Crippen molar-refractivity contribution in [2.75, 3.05) is 23.3 Å². The predicted octanol–water partition coefficient (Wildman–Crippen LogP) is 3.19. The van der Waals surface area contributed by atoms with Crippen molar-refractivity contribution in [1.29, 1.82) is 0 Å². The van der Waals surface area contributed by atoms with Crippen LogP contribution in [0.2, 0.25) is 0 Å². The Balaban J connectivity index is 1.74. The van der Waals surface area contributed by atoms with Gasteiger partial charge in [-0.2, -0.15) is 5.10 Å². The summed E-state index contributed by atoms with van der Waals surface area (Å²) < 4.78 is 1.92. The highest BCUT2D eigenvalue weighted by atomic mass is 15.3. The summed E-state index contributed by atoms with van der Waals surface area (Å²) in [5.74, 6) is 0. The molecule has 1 N–H and O–H groups in total. The van der Waals surface area contributed by atoms with E-state index < -0.39 is 0 Å². The van der Waals surface area contributed by atoms with Crippen LogP contribution in [0, 0.1) is 0 Å². The second-order valence-electron chi connectivity index (χ2n) is 5.49. The second kappa shape index (κ2) is 5.57. The van der Waals surface area contributed by atoms with Gasteiger partial charge >= 0.3 is 0 Å². The smallest absolute Gasteiger partial charge is 0.0653 e. The number of hydrogen-bond acceptors (Lipinski definition) is 3. The van der Waals surface area contributed by atoms with E-state index in [1.807, 2.05) is 17.9 Å². The summed E-state index contributed by atoms with van der Waals surface area (Å²) in [5, 5.41) is 7.79. The lowest BCUT2D eigenvalue weighted by atomic mass is 10.2. The van der Waals surface area contributed by atoms with Gasteiger partial charge in [0.15, 0.2) is 0 Å². The van der Waals surface area contributed by atoms with Crippen molar-refractivity contribution in [2.45, 2.75) is 25.8 Å². The Kier molecular flexibility index (Phi) is 3.63. The van der Waals surface area contributed by atoms with E-state index in [0.29, 0.717) is 0 Å². The molecule has 0 aliphatic carbocycles. The van der Waals surface area contributed by atoms with Gasteiger partial charge in [-0.1, -0.05) is 6.07 Å². The Morgan fingerprint density at radius 3 is 2.70 bits per heavy atom. The molecule has 4 nitrogen and oxygen atoms in total. The molecule has 0 radical (unpaired) electrons. The maximum absolute atomic E-state index is 4.23. The SMILES string of the molecule is CC(Nc1cccc(N2CCCC2)c1)c1ccnn1C. The van der Waals surface area contributed by atoms with E-state index in [-0.39, 0.29) is 6.04 Å². The van der Waals surface area contributed by atoms with Crippen molar-refractivity contribution < 1.29 is 0 Å². The van der Waals surface area contributed by atoms with Gasteiger partial charge in [-0.25, -0.2) is 0 Å². The fraction of sp³-hybridized carbons (Fsp3) is 0.438. The number of nitrogens with one attached hydrogen (secondary N) is 1. The van der Waals surface area contributed by atoms with Crippen LogP contribution in [0.1, 0.15) is 31.5 Å². The number of rotatable bonds is 4. The van der Waals surface area contributed by atoms with Crippen LogP contribution in [0.3, 0.4) is 0 Å². The minimum Gasteiger partial charge on any atom is -0.377 e. The number of hydrogen-bond donors (Lipinski definition) is 1. The maximum Gasteiger partial charge on any atom is 0.0653 e. The molecule has 0 saturated carbocycles. The molecule has 0 bridgehead atoms. The van der Waals surface area contributed by atoms with Gasteiger partial charge in [-0.05, 0) is 44.0 Å². The van der Waals surface area contributed by atoms with Gasteiger partial charge in [0.1, 0.15) is 0 Å². The highest BCUT2D eigenvalue weighted by molar-refractivity contribution is 5.59. The molecule has 3 rings (SSSR count). The van der Waals surface area contributed by atoms with Crippen LogP contribution >= 0.6 is 0 Å². The summed E-state index contributed by atoms with van der Waals surface area (Å²) in [7, 11) is 1.98. The van der Waals surface area contributed by atoms with E-state index in [1.54, 1.807) is 0 Å². The molecule has 106 valence electrons. The molecular formula is C16H22N4. The molecule has 0 spiro atoms. The van der Waals surface area contributed by atoms with Crippen molar-refractivity contribution in [3.05, 3.63) is 42.2 Å². The normalized spacial score (nSPS) is 16.4. The minimum absolute atomic E-state index is 0.247. The summed E-state index contributed by atoms with van der Waals surface area (Å²) in [4.78, 5) is 2.46. The minimum atomic E-state index is 0.247. The predicted molar refractivity (Wildman–Crippen MR) is 83.1 cm³/mol. The molecule has 20 heavy (non-hydrogen) atoms. The summed E-state index contributed by atoms with van der Waals surface area (Å²) in [6.45, 7) is 4.53. The topological polar surface area (TPSA) is 33.1 Å². The van der Waals surface area contributed by atoms with Gasteiger partial charge in [0.25, 0.3) is 0 Å². The van der Waals surface area contributed by atoms with Gasteiger partial charge in [-0.15, -0.1) is 0 Å². The van der Waals surface area contributed by atoms with Crippen LogP contribution in [-0.4, -0.2) is 22.9 Å². The third-order valence-corrected chi connectivity index (χ3v) is 4.00. The van der Waals surface area contributed by atoms with E-state index in [1.165, 1.54) is 43.0 Å². The molecular weight excluding hydrogens is 248 g/mol. The van der Waals surface area contributed by atoms with E-state index in [0.717, 1.165) is 0 Å². The van der Waals surface area contributed by atoms with Crippen LogP contribution in [-0.2, 0) is 7.05 Å². The van der Waals surface area contributed by atoms with E-state index in [4.69, 9.17) is 0 Å². The highest BCUT2D eigenvalue weighted by Gasteiger charge is 2.13. The van der Waals surface area contributed by atoms with Crippen molar-refractivity contribution in [3.8, 4) is 0 Å². The van der Waals surface area contributed by atoms with Crippen molar-refractivity contribution in [2.24, 2.45) is 7.05 Å². The summed E-state index contributed by atoms with van der Waals surface area (Å²) in [6, 6.07) is 11.0. The zero-order valence-corrected chi connectivity index (χ0v) is 12.2. The lowest BCUT2D eigenvalue weighted by Gasteiger charge is -2.20. The van der Waals surface area contributed by atoms with Crippen LogP contribution in [0.25, 0.3) is 0 Å². The molecule has 4 heteroatoms. The van der Waals surface area contributed by atoms with Crippen molar-refractivity contribution in [3.63, 3.8) is 0 Å². The first-order valence-electron chi connectivity index (χ1n) is 7.33. The molecule has 1 saturated heterocycles. The Labute approximate surface area is 120 Å². The van der Waals surface area contributed by atoms with Gasteiger partial charge in [0.2, 0.25) is 0 Å². The van der Waals surface area contributed by atoms with Gasteiger partial charge in [0, 0.05) is 37.7 Å². The van der Waals surface area contributed by atoms with Crippen molar-refractivity contribution in [1.82, 2.24) is 9.78 Å². The number of nitrogens with zero attached hydrogens (tertiary/aromatic N) is 3. The number of aromatic nitrogens is 2. The molecule has 0 amide bonds. The van der Waals surface area contributed by atoms with Crippen molar-refractivity contribution >= 4 is 11.4 Å². The van der Waals surface area contributed by atoms with Gasteiger partial charge in [0.05, 0.1) is 11.7 Å². The molecule has 2 aromatic rings. The quantitative estimate of drug-likeness (QED) is 0.926. The van der Waals surface area contributed by atoms with Crippen LogP contribution in [0.4, 0.5) is 11.4 Å². The standard InChI is InChI=1S/C16H22N4/c1-13(16-8-9-17-19(16)2)18-14-6-5-7-15(12-14)20-10-3-4-11-20/h5-9,12-13,18H,3-4,10-11H2,1-2H3. The zero-order chi connectivity index (χ0) is 13.9. The fourth-order valence-corrected chi connectivity index (χ4v) is 2.90. The molecule has 1 aromatic carbocycles. The van der Waals surface area contributed by atoms with Gasteiger partial charge in [-0.3, -0.25) is 4.68 Å². The second-order valence-corrected chi connectivity index (χ2v) is 5.49. The molecule has 2 heterocycles. The van der Waals surface area contributed by atoms with E-state index >= 15 is 0 Å². The van der Waals surface area contributed by atoms with E-state index in [2.05, 4.69) is 52.6 Å². The monoisotopic (exact) mass is 270 g/mol. The molecule has 1 aromatic heterocycles. The molecule has 1 aliphatic heterocycles. The first kappa shape index (κ1) is 13.0. The summed E-state index contributed by atoms with van der Waals surface area (Å²) in [6.07, 6.45) is 4.46. The lowest BCUT2D eigenvalue weighted by Crippen LogP contribution is -2.18. The van der Waals surface area contributed by atoms with Crippen LogP contribution < -0.4 is 10.2 Å². The first-order chi connectivity index (χ1) is 9.74. The van der Waals surface area contributed by atoms with E-state index in [9.17, 15) is 0 Å². The third kappa shape index (κ3) is 2.64. The Bertz CT molecular complexity index is 569. The zero-order valence-electron chi connectivity index (χ0n) is 12.2. The molecule has 1 aliphatic rings. The number of anilines is 2. The maximum atomic E-state index is 4.23. The molecule has 1 unspecified atom stereocenters. The lowest BCUT2D eigenvalue weighted by molar-refractivity contribution is 0.676. The highest BCUT2D eigenvalue weighted by Crippen LogP contribution is 2.25. The summed E-state index contributed by atoms with van der Waals surface area (Å²) in [5.41, 5.74) is 3.68. The molecule has 1 fully saturated rings. The number of aryl methyl sites for hydroxylation is 1. The average Bonchev–Trinajstić information content (AvgIpc) is 3.09. The summed E-state index contributed by atoms with van der Waals surface area (Å²) >= 11 is 0. The van der Waals surface area contributed by atoms with Crippen LogP contribution in [0.5, 0.6) is 0 Å². The number of benzene rings is 1. The Morgan fingerprint density at radius 2 is 2.00 bits per heavy atom. The van der Waals surface area contributed by atoms with Crippen LogP contribution in [0.15, 0.2) is 36.5 Å². The average molecular weight is 270 g/mol. The van der Waals surface area contributed by atoms with Gasteiger partial charge < -0.3 is 10.2 Å². The molecule has 1 atom stereocenters. The Hall–Kier alpha value is -1.97. The third-order valence-electron chi connectivity index (χ3n) is 4.00. The fourth-order valence-electron chi connectivity index (χ4n) is 2.90. The largest absolute Gasteiger partial charge is 0.377 e. The Morgan fingerprint density at radius 1 is 1.20 bits per heavy atom. The first-order valence-corrected chi connectivity index (χ1v) is 7.33.